The first kappa shape index (κ1) is 30.3. The first-order chi connectivity index (χ1) is 21.0. The Morgan fingerprint density at radius 2 is 1.86 bits per heavy atom. The van der Waals surface area contributed by atoms with Crippen molar-refractivity contribution in [3.05, 3.63) is 95.7 Å². The molecule has 1 saturated heterocycles. The molecule has 4 aromatic rings. The maximum Gasteiger partial charge on any atom is 0.251 e. The Morgan fingerprint density at radius 1 is 1.05 bits per heavy atom. The molecule has 226 valence electrons. The van der Waals surface area contributed by atoms with Crippen LogP contribution in [0.3, 0.4) is 0 Å². The highest BCUT2D eigenvalue weighted by Gasteiger charge is 2.27. The first-order valence-electron chi connectivity index (χ1n) is 15.3. The summed E-state index contributed by atoms with van der Waals surface area (Å²) in [5.41, 5.74) is 4.26. The highest BCUT2D eigenvalue weighted by atomic mass is 16.5. The Hall–Kier alpha value is -4.14. The van der Waals surface area contributed by atoms with E-state index < -0.39 is 12.1 Å². The van der Waals surface area contributed by atoms with Crippen LogP contribution in [0.1, 0.15) is 54.1 Å². The number of aliphatic hydroxyl groups excluding tert-OH is 1. The molecule has 0 bridgehead atoms. The summed E-state index contributed by atoms with van der Waals surface area (Å²) >= 11 is 0. The van der Waals surface area contributed by atoms with Crippen molar-refractivity contribution in [2.45, 2.75) is 64.3 Å². The second-order valence-electron chi connectivity index (χ2n) is 11.3. The number of hydrogen-bond donors (Lipinski definition) is 3. The van der Waals surface area contributed by atoms with Gasteiger partial charge in [-0.3, -0.25) is 9.59 Å². The highest BCUT2D eigenvalue weighted by molar-refractivity contribution is 6.08. The number of nitrogens with zero attached hydrogens (tertiary/aromatic N) is 2. The lowest BCUT2D eigenvalue weighted by Crippen LogP contribution is -2.48. The number of carbonyl (C=O) groups excluding carboxylic acids is 2. The van der Waals surface area contributed by atoms with Gasteiger partial charge in [0.15, 0.2) is 0 Å². The van der Waals surface area contributed by atoms with Crippen LogP contribution in [0, 0.1) is 0 Å². The van der Waals surface area contributed by atoms with Crippen molar-refractivity contribution in [2.24, 2.45) is 0 Å². The Kier molecular flexibility index (Phi) is 10.1. The molecule has 5 rings (SSSR count). The van der Waals surface area contributed by atoms with E-state index in [-0.39, 0.29) is 11.8 Å². The van der Waals surface area contributed by atoms with Gasteiger partial charge in [0.1, 0.15) is 5.75 Å². The molecule has 1 aliphatic heterocycles. The minimum Gasteiger partial charge on any atom is -0.497 e. The number of carbonyl (C=O) groups is 2. The van der Waals surface area contributed by atoms with Gasteiger partial charge in [-0.2, -0.15) is 0 Å². The number of aromatic nitrogens is 1. The van der Waals surface area contributed by atoms with Crippen LogP contribution in [0.15, 0.2) is 79.0 Å². The van der Waals surface area contributed by atoms with Gasteiger partial charge in [-0.15, -0.1) is 0 Å². The monoisotopic (exact) mass is 582 g/mol. The number of anilines is 1. The van der Waals surface area contributed by atoms with E-state index in [0.717, 1.165) is 59.3 Å². The third kappa shape index (κ3) is 7.45. The maximum atomic E-state index is 13.9. The molecule has 3 aromatic carbocycles. The van der Waals surface area contributed by atoms with E-state index in [4.69, 9.17) is 4.74 Å². The fourth-order valence-electron chi connectivity index (χ4n) is 5.75. The lowest BCUT2D eigenvalue weighted by atomic mass is 10.00. The number of unbranched alkanes of at least 4 members (excludes halogenated alkanes) is 1. The van der Waals surface area contributed by atoms with Crippen LogP contribution in [0.5, 0.6) is 5.75 Å². The molecule has 1 aromatic heterocycles. The number of nitrogens with one attached hydrogen (secondary N) is 2. The van der Waals surface area contributed by atoms with Crippen molar-refractivity contribution < 1.29 is 19.4 Å². The fourth-order valence-corrected chi connectivity index (χ4v) is 5.75. The first-order valence-corrected chi connectivity index (χ1v) is 15.3. The molecule has 1 aliphatic rings. The maximum absolute atomic E-state index is 13.9. The quantitative estimate of drug-likeness (QED) is 0.193. The zero-order chi connectivity index (χ0) is 30.2. The zero-order valence-electron chi connectivity index (χ0n) is 25.1. The summed E-state index contributed by atoms with van der Waals surface area (Å²) in [6.45, 7) is 4.49. The predicted octanol–water partition coefficient (Wildman–Crippen LogP) is 5.07. The van der Waals surface area contributed by atoms with E-state index >= 15 is 0 Å². The molecule has 2 atom stereocenters. The lowest BCUT2D eigenvalue weighted by Gasteiger charge is -2.25. The van der Waals surface area contributed by atoms with E-state index in [2.05, 4.69) is 22.1 Å². The molecule has 2 amide bonds. The summed E-state index contributed by atoms with van der Waals surface area (Å²) < 4.78 is 7.48. The van der Waals surface area contributed by atoms with Crippen molar-refractivity contribution in [1.29, 1.82) is 0 Å². The number of hydrogen-bond acceptors (Lipinski definition) is 5. The number of aliphatic hydroxyl groups is 1. The normalized spacial score (nSPS) is 14.7. The molecular weight excluding hydrogens is 540 g/mol. The van der Waals surface area contributed by atoms with E-state index in [0.29, 0.717) is 38.0 Å². The summed E-state index contributed by atoms with van der Waals surface area (Å²) in [4.78, 5) is 28.5. The molecule has 3 N–H and O–H groups in total. The molecule has 1 fully saturated rings. The summed E-state index contributed by atoms with van der Waals surface area (Å²) in [6, 6.07) is 22.9. The molecule has 8 heteroatoms. The number of benzene rings is 3. The van der Waals surface area contributed by atoms with Crippen LogP contribution in [0.25, 0.3) is 10.9 Å². The van der Waals surface area contributed by atoms with Gasteiger partial charge in [-0.25, -0.2) is 0 Å². The predicted molar refractivity (Wildman–Crippen MR) is 171 cm³/mol. The van der Waals surface area contributed by atoms with Crippen LogP contribution in [0.2, 0.25) is 0 Å². The van der Waals surface area contributed by atoms with Gasteiger partial charge in [0, 0.05) is 49.7 Å². The molecule has 0 spiro atoms. The smallest absolute Gasteiger partial charge is 0.251 e. The molecular formula is C35H42N4O4. The van der Waals surface area contributed by atoms with Crippen LogP contribution >= 0.6 is 0 Å². The molecule has 0 aliphatic carbocycles. The number of rotatable bonds is 14. The average molecular weight is 583 g/mol. The SMILES string of the molecule is CCCCn1ccc2c(N3CCCC3=O)cc(C(=O)N[C@@H](Cc3ccccc3)[C@@H](O)CNCc3cccc(OC)c3)cc21. The summed E-state index contributed by atoms with van der Waals surface area (Å²) in [7, 11) is 1.64. The molecule has 0 saturated carbocycles. The molecule has 0 radical (unpaired) electrons. The van der Waals surface area contributed by atoms with Gasteiger partial charge in [0.25, 0.3) is 5.91 Å². The van der Waals surface area contributed by atoms with Gasteiger partial charge < -0.3 is 29.9 Å². The van der Waals surface area contributed by atoms with Crippen LogP contribution < -0.4 is 20.3 Å². The lowest BCUT2D eigenvalue weighted by molar-refractivity contribution is -0.117. The third-order valence-corrected chi connectivity index (χ3v) is 8.14. The number of methoxy groups -OCH3 is 1. The Morgan fingerprint density at radius 3 is 2.60 bits per heavy atom. The topological polar surface area (TPSA) is 95.8 Å². The van der Waals surface area contributed by atoms with Crippen molar-refractivity contribution >= 4 is 28.4 Å². The highest BCUT2D eigenvalue weighted by Crippen LogP contribution is 2.33. The molecule has 0 unspecified atom stereocenters. The largest absolute Gasteiger partial charge is 0.497 e. The van der Waals surface area contributed by atoms with Crippen LogP contribution in [-0.4, -0.2) is 53.8 Å². The molecule has 8 nitrogen and oxygen atoms in total. The summed E-state index contributed by atoms with van der Waals surface area (Å²) in [5.74, 6) is 0.590. The van der Waals surface area contributed by atoms with Crippen LogP contribution in [0.4, 0.5) is 5.69 Å². The Bertz CT molecular complexity index is 1530. The third-order valence-electron chi connectivity index (χ3n) is 8.14. The summed E-state index contributed by atoms with van der Waals surface area (Å²) in [6.07, 6.45) is 5.08. The van der Waals surface area contributed by atoms with E-state index in [9.17, 15) is 14.7 Å². The van der Waals surface area contributed by atoms with Gasteiger partial charge in [-0.1, -0.05) is 55.8 Å². The van der Waals surface area contributed by atoms with Crippen molar-refractivity contribution in [1.82, 2.24) is 15.2 Å². The minimum absolute atomic E-state index is 0.0830. The van der Waals surface area contributed by atoms with Crippen molar-refractivity contribution in [2.75, 3.05) is 25.1 Å². The van der Waals surface area contributed by atoms with Gasteiger partial charge in [-0.05, 0) is 60.7 Å². The second kappa shape index (κ2) is 14.4. The minimum atomic E-state index is -0.841. The number of amides is 2. The number of aryl methyl sites for hydroxylation is 1. The summed E-state index contributed by atoms with van der Waals surface area (Å²) in [5, 5.41) is 18.8. The number of fused-ring (bicyclic) bond motifs is 1. The Labute approximate surface area is 253 Å². The van der Waals surface area contributed by atoms with Gasteiger partial charge >= 0.3 is 0 Å². The van der Waals surface area contributed by atoms with Crippen molar-refractivity contribution in [3.8, 4) is 5.75 Å². The van der Waals surface area contributed by atoms with E-state index in [1.807, 2.05) is 83.9 Å². The van der Waals surface area contributed by atoms with Crippen molar-refractivity contribution in [3.63, 3.8) is 0 Å². The standard InChI is InChI=1S/C35H42N4O4/c1-3-4-16-38-18-15-29-31(38)21-27(22-32(29)39-17-9-14-34(39)41)35(42)37-30(20-25-10-6-5-7-11-25)33(40)24-36-23-26-12-8-13-28(19-26)43-2/h5-8,10-13,15,18-19,21-22,30,33,36,40H,3-4,9,14,16-17,20,23-24H2,1-2H3,(H,37,42)/t30-,33-/m0/s1. The van der Waals surface area contributed by atoms with E-state index in [1.165, 1.54) is 0 Å². The Balaban J connectivity index is 1.38. The number of ether oxygens (including phenoxy) is 1. The average Bonchev–Trinajstić information content (AvgIpc) is 3.65. The van der Waals surface area contributed by atoms with Gasteiger partial charge in [0.2, 0.25) is 5.91 Å². The molecule has 43 heavy (non-hydrogen) atoms. The van der Waals surface area contributed by atoms with Crippen LogP contribution in [-0.2, 0) is 24.3 Å². The molecule has 2 heterocycles. The fraction of sp³-hybridized carbons (Fsp3) is 0.371. The van der Waals surface area contributed by atoms with Gasteiger partial charge in [0.05, 0.1) is 30.5 Å². The second-order valence-corrected chi connectivity index (χ2v) is 11.3. The zero-order valence-corrected chi connectivity index (χ0v) is 25.1. The van der Waals surface area contributed by atoms with E-state index in [1.54, 1.807) is 7.11 Å².